The first-order chi connectivity index (χ1) is 8.09. The molecular formula is C12H14ClN3S. The molecule has 1 heterocycles. The Morgan fingerprint density at radius 2 is 2.12 bits per heavy atom. The average Bonchev–Trinajstić information content (AvgIpc) is 2.63. The molecule has 0 saturated heterocycles. The fourth-order valence-corrected chi connectivity index (χ4v) is 2.61. The van der Waals surface area contributed by atoms with Crippen molar-refractivity contribution in [2.24, 2.45) is 0 Å². The van der Waals surface area contributed by atoms with Gasteiger partial charge in [-0.2, -0.15) is 4.37 Å². The molecule has 1 aromatic carbocycles. The van der Waals surface area contributed by atoms with Gasteiger partial charge in [0.25, 0.3) is 0 Å². The first-order valence-corrected chi connectivity index (χ1v) is 6.41. The van der Waals surface area contributed by atoms with Crippen LogP contribution in [0.4, 0.5) is 10.8 Å². The van der Waals surface area contributed by atoms with E-state index in [-0.39, 0.29) is 0 Å². The topological polar surface area (TPSA) is 42.1 Å². The third-order valence-corrected chi connectivity index (χ3v) is 4.10. The second kappa shape index (κ2) is 4.94. The number of anilines is 2. The van der Waals surface area contributed by atoms with Crippen molar-refractivity contribution in [3.05, 3.63) is 40.4 Å². The maximum absolute atomic E-state index is 6.14. The van der Waals surface area contributed by atoms with Crippen LogP contribution in [-0.2, 0) is 6.54 Å². The van der Waals surface area contributed by atoms with Crippen molar-refractivity contribution in [2.45, 2.75) is 13.5 Å². The molecule has 0 saturated carbocycles. The van der Waals surface area contributed by atoms with E-state index < -0.39 is 0 Å². The highest BCUT2D eigenvalue weighted by Crippen LogP contribution is 2.30. The fourth-order valence-electron chi connectivity index (χ4n) is 1.65. The van der Waals surface area contributed by atoms with Crippen molar-refractivity contribution >= 4 is 34.0 Å². The highest BCUT2D eigenvalue weighted by atomic mass is 35.5. The normalized spacial score (nSPS) is 10.5. The van der Waals surface area contributed by atoms with Crippen LogP contribution < -0.4 is 10.6 Å². The van der Waals surface area contributed by atoms with Crippen molar-refractivity contribution in [3.8, 4) is 0 Å². The van der Waals surface area contributed by atoms with Crippen LogP contribution in [0.1, 0.15) is 11.1 Å². The summed E-state index contributed by atoms with van der Waals surface area (Å²) in [7, 11) is 2.02. The number of nitrogens with two attached hydrogens (primary N) is 1. The van der Waals surface area contributed by atoms with Crippen LogP contribution in [0.25, 0.3) is 0 Å². The Morgan fingerprint density at radius 1 is 1.41 bits per heavy atom. The second-order valence-corrected chi connectivity index (χ2v) is 5.10. The van der Waals surface area contributed by atoms with Crippen molar-refractivity contribution in [3.63, 3.8) is 0 Å². The quantitative estimate of drug-likeness (QED) is 0.928. The van der Waals surface area contributed by atoms with Crippen LogP contribution in [0, 0.1) is 6.92 Å². The van der Waals surface area contributed by atoms with Gasteiger partial charge in [0.15, 0.2) is 0 Å². The predicted molar refractivity (Wildman–Crippen MR) is 74.8 cm³/mol. The molecule has 90 valence electrons. The van der Waals surface area contributed by atoms with Crippen molar-refractivity contribution in [1.29, 1.82) is 0 Å². The van der Waals surface area contributed by atoms with Crippen LogP contribution in [0.2, 0.25) is 5.02 Å². The molecule has 0 aliphatic heterocycles. The molecule has 1 aromatic heterocycles. The Kier molecular flexibility index (Phi) is 3.54. The van der Waals surface area contributed by atoms with Crippen molar-refractivity contribution in [1.82, 2.24) is 4.37 Å². The van der Waals surface area contributed by atoms with Gasteiger partial charge in [0.05, 0.1) is 0 Å². The van der Waals surface area contributed by atoms with Gasteiger partial charge < -0.3 is 10.6 Å². The van der Waals surface area contributed by atoms with Crippen molar-refractivity contribution in [2.75, 3.05) is 17.7 Å². The minimum atomic E-state index is 0.607. The lowest BCUT2D eigenvalue weighted by molar-refractivity contribution is 0.931. The number of nitrogens with zero attached hydrogens (tertiary/aromatic N) is 2. The zero-order valence-corrected chi connectivity index (χ0v) is 11.3. The number of hydrogen-bond donors (Lipinski definition) is 1. The maximum Gasteiger partial charge on any atom is 0.142 e. The van der Waals surface area contributed by atoms with Gasteiger partial charge in [-0.1, -0.05) is 29.8 Å². The van der Waals surface area contributed by atoms with Crippen LogP contribution in [-0.4, -0.2) is 11.4 Å². The summed E-state index contributed by atoms with van der Waals surface area (Å²) in [6, 6.07) is 7.85. The highest BCUT2D eigenvalue weighted by Gasteiger charge is 2.12. The Hall–Kier alpha value is -1.26. The number of nitrogen functional groups attached to an aromatic ring is 1. The van der Waals surface area contributed by atoms with E-state index in [4.69, 9.17) is 17.3 Å². The summed E-state index contributed by atoms with van der Waals surface area (Å²) in [6.07, 6.45) is 0. The molecule has 3 nitrogen and oxygen atoms in total. The van der Waals surface area contributed by atoms with Gasteiger partial charge >= 0.3 is 0 Å². The molecule has 0 unspecified atom stereocenters. The van der Waals surface area contributed by atoms with Crippen LogP contribution in [0.15, 0.2) is 24.3 Å². The number of halogens is 1. The number of hydrogen-bond acceptors (Lipinski definition) is 4. The molecule has 0 fully saturated rings. The summed E-state index contributed by atoms with van der Waals surface area (Å²) in [5.74, 6) is 0.607. The molecule has 0 aliphatic carbocycles. The van der Waals surface area contributed by atoms with E-state index in [1.807, 2.05) is 38.2 Å². The second-order valence-electron chi connectivity index (χ2n) is 3.95. The molecule has 0 radical (unpaired) electrons. The fraction of sp³-hybridized carbons (Fsp3) is 0.250. The molecule has 2 rings (SSSR count). The summed E-state index contributed by atoms with van der Waals surface area (Å²) in [5, 5.41) is 1.87. The van der Waals surface area contributed by atoms with Crippen LogP contribution >= 0.6 is 23.1 Å². The lowest BCUT2D eigenvalue weighted by Crippen LogP contribution is -2.16. The number of benzene rings is 1. The lowest BCUT2D eigenvalue weighted by atomic mass is 10.2. The van der Waals surface area contributed by atoms with E-state index in [0.717, 1.165) is 27.7 Å². The van der Waals surface area contributed by atoms with Crippen LogP contribution in [0.3, 0.4) is 0 Å². The zero-order valence-electron chi connectivity index (χ0n) is 9.77. The Bertz CT molecular complexity index is 524. The Balaban J connectivity index is 2.20. The number of rotatable bonds is 3. The minimum Gasteiger partial charge on any atom is -0.383 e. The third-order valence-electron chi connectivity index (χ3n) is 2.65. The number of aromatic nitrogens is 1. The molecule has 2 aromatic rings. The van der Waals surface area contributed by atoms with Gasteiger partial charge in [-0.25, -0.2) is 0 Å². The Labute approximate surface area is 110 Å². The largest absolute Gasteiger partial charge is 0.383 e. The van der Waals surface area contributed by atoms with E-state index >= 15 is 0 Å². The van der Waals surface area contributed by atoms with Gasteiger partial charge in [0.1, 0.15) is 10.8 Å². The summed E-state index contributed by atoms with van der Waals surface area (Å²) in [5.41, 5.74) is 7.88. The highest BCUT2D eigenvalue weighted by molar-refractivity contribution is 7.10. The van der Waals surface area contributed by atoms with Crippen molar-refractivity contribution < 1.29 is 0 Å². The van der Waals surface area contributed by atoms with E-state index in [9.17, 15) is 0 Å². The standard InChI is InChI=1S/C12H14ClN3S/c1-8-11(14)15-17-12(8)16(2)7-9-5-3-4-6-10(9)13/h3-6H,7H2,1-2H3,(H2,14,15). The van der Waals surface area contributed by atoms with Gasteiger partial charge in [-0.3, -0.25) is 0 Å². The Morgan fingerprint density at radius 3 is 2.71 bits per heavy atom. The van der Waals surface area contributed by atoms with Gasteiger partial charge in [0, 0.05) is 24.2 Å². The first-order valence-electron chi connectivity index (χ1n) is 5.26. The van der Waals surface area contributed by atoms with Crippen LogP contribution in [0.5, 0.6) is 0 Å². The van der Waals surface area contributed by atoms with E-state index in [1.54, 1.807) is 0 Å². The molecule has 0 atom stereocenters. The predicted octanol–water partition coefficient (Wildman–Crippen LogP) is 3.32. The molecule has 0 spiro atoms. The zero-order chi connectivity index (χ0) is 12.4. The smallest absolute Gasteiger partial charge is 0.142 e. The maximum atomic E-state index is 6.14. The summed E-state index contributed by atoms with van der Waals surface area (Å²) in [4.78, 5) is 2.12. The summed E-state index contributed by atoms with van der Waals surface area (Å²) < 4.78 is 4.15. The third kappa shape index (κ3) is 2.53. The SMILES string of the molecule is Cc1c(N)nsc1N(C)Cc1ccccc1Cl. The van der Waals surface area contributed by atoms with E-state index in [1.165, 1.54) is 11.5 Å². The summed E-state index contributed by atoms with van der Waals surface area (Å²) >= 11 is 7.55. The molecule has 0 amide bonds. The monoisotopic (exact) mass is 267 g/mol. The van der Waals surface area contributed by atoms with Gasteiger partial charge in [-0.05, 0) is 30.1 Å². The molecule has 5 heteroatoms. The average molecular weight is 268 g/mol. The van der Waals surface area contributed by atoms with E-state index in [2.05, 4.69) is 9.27 Å². The molecule has 17 heavy (non-hydrogen) atoms. The van der Waals surface area contributed by atoms with E-state index in [0.29, 0.717) is 5.82 Å². The first kappa shape index (κ1) is 12.2. The molecule has 2 N–H and O–H groups in total. The molecular weight excluding hydrogens is 254 g/mol. The molecule has 0 bridgehead atoms. The molecule has 0 aliphatic rings. The minimum absolute atomic E-state index is 0.607. The lowest BCUT2D eigenvalue weighted by Gasteiger charge is -2.18. The van der Waals surface area contributed by atoms with Gasteiger partial charge in [0.2, 0.25) is 0 Å². The van der Waals surface area contributed by atoms with Gasteiger partial charge in [-0.15, -0.1) is 0 Å². The summed E-state index contributed by atoms with van der Waals surface area (Å²) in [6.45, 7) is 2.74.